The van der Waals surface area contributed by atoms with Gasteiger partial charge in [-0.15, -0.1) is 0 Å². The highest BCUT2D eigenvalue weighted by Gasteiger charge is 2.09. The van der Waals surface area contributed by atoms with Crippen molar-refractivity contribution in [2.45, 2.75) is 31.2 Å². The van der Waals surface area contributed by atoms with Crippen LogP contribution in [0.3, 0.4) is 0 Å². The third-order valence-electron chi connectivity index (χ3n) is 4.50. The summed E-state index contributed by atoms with van der Waals surface area (Å²) in [5.74, 6) is 1.39. The number of benzene rings is 2. The third kappa shape index (κ3) is 6.21. The predicted octanol–water partition coefficient (Wildman–Crippen LogP) is 5.83. The molecule has 0 radical (unpaired) electrons. The van der Waals surface area contributed by atoms with Gasteiger partial charge >= 0.3 is 0 Å². The summed E-state index contributed by atoms with van der Waals surface area (Å²) in [4.78, 5) is 23.4. The Bertz CT molecular complexity index is 993. The molecule has 1 aromatic heterocycles. The standard InChI is InChI=1S/C23H25ClN4OS/c1-4-13-28(3)21-14-20(24)26-23(27-21)30-15-17-7-9-18(10-8-17)22(29)25-19-11-5-16(2)6-12-19/h5-12,14H,4,13,15H2,1-3H3,(H,25,29). The summed E-state index contributed by atoms with van der Waals surface area (Å²) in [7, 11) is 2.00. The van der Waals surface area contributed by atoms with E-state index in [2.05, 4.69) is 27.1 Å². The average Bonchev–Trinajstić information content (AvgIpc) is 2.74. The molecule has 2 aromatic carbocycles. The van der Waals surface area contributed by atoms with Gasteiger partial charge in [0.15, 0.2) is 5.16 Å². The van der Waals surface area contributed by atoms with Crippen LogP contribution >= 0.6 is 23.4 Å². The molecule has 5 nitrogen and oxygen atoms in total. The Balaban J connectivity index is 1.60. The fourth-order valence-electron chi connectivity index (χ4n) is 2.84. The minimum atomic E-state index is -0.125. The highest BCUT2D eigenvalue weighted by Crippen LogP contribution is 2.24. The lowest BCUT2D eigenvalue weighted by Gasteiger charge is -2.17. The normalized spacial score (nSPS) is 10.7. The van der Waals surface area contributed by atoms with Gasteiger partial charge in [-0.3, -0.25) is 4.79 Å². The number of nitrogens with zero attached hydrogens (tertiary/aromatic N) is 3. The first kappa shape index (κ1) is 22.1. The molecule has 0 saturated carbocycles. The van der Waals surface area contributed by atoms with Crippen molar-refractivity contribution in [2.75, 3.05) is 23.8 Å². The SMILES string of the molecule is CCCN(C)c1cc(Cl)nc(SCc2ccc(C(=O)Nc3ccc(C)cc3)cc2)n1. The van der Waals surface area contributed by atoms with Crippen LogP contribution < -0.4 is 10.2 Å². The number of carbonyl (C=O) groups excluding carboxylic acids is 1. The first-order valence-electron chi connectivity index (χ1n) is 9.80. The Kier molecular flexibility index (Phi) is 7.71. The molecular formula is C23H25ClN4OS. The molecule has 0 saturated heterocycles. The average molecular weight is 441 g/mol. The first-order chi connectivity index (χ1) is 14.4. The maximum atomic E-state index is 12.4. The van der Waals surface area contributed by atoms with E-state index in [0.717, 1.165) is 35.6 Å². The summed E-state index contributed by atoms with van der Waals surface area (Å²) in [5, 5.41) is 3.99. The highest BCUT2D eigenvalue weighted by atomic mass is 35.5. The molecule has 1 N–H and O–H groups in total. The number of carbonyl (C=O) groups is 1. The van der Waals surface area contributed by atoms with Gasteiger partial charge in [-0.1, -0.05) is 60.1 Å². The fourth-order valence-corrected chi connectivity index (χ4v) is 3.87. The summed E-state index contributed by atoms with van der Waals surface area (Å²) in [5.41, 5.74) is 3.64. The minimum Gasteiger partial charge on any atom is -0.360 e. The molecule has 0 spiro atoms. The number of anilines is 2. The zero-order valence-corrected chi connectivity index (χ0v) is 18.9. The van der Waals surface area contributed by atoms with Crippen LogP contribution in [0.25, 0.3) is 0 Å². The Morgan fingerprint density at radius 1 is 1.10 bits per heavy atom. The summed E-state index contributed by atoms with van der Waals surface area (Å²) < 4.78 is 0. The van der Waals surface area contributed by atoms with E-state index in [9.17, 15) is 4.79 Å². The van der Waals surface area contributed by atoms with Crippen LogP contribution in [-0.2, 0) is 5.75 Å². The first-order valence-corrected chi connectivity index (χ1v) is 11.2. The van der Waals surface area contributed by atoms with Crippen LogP contribution in [-0.4, -0.2) is 29.5 Å². The molecule has 1 heterocycles. The number of halogens is 1. The van der Waals surface area contributed by atoms with Gasteiger partial charge in [-0.25, -0.2) is 9.97 Å². The number of aryl methyl sites for hydroxylation is 1. The lowest BCUT2D eigenvalue weighted by molar-refractivity contribution is 0.102. The van der Waals surface area contributed by atoms with E-state index in [1.165, 1.54) is 11.8 Å². The van der Waals surface area contributed by atoms with E-state index in [-0.39, 0.29) is 5.91 Å². The topological polar surface area (TPSA) is 58.1 Å². The summed E-state index contributed by atoms with van der Waals surface area (Å²) in [6, 6.07) is 17.1. The second kappa shape index (κ2) is 10.5. The van der Waals surface area contributed by atoms with Crippen molar-refractivity contribution in [3.8, 4) is 0 Å². The summed E-state index contributed by atoms with van der Waals surface area (Å²) in [6.07, 6.45) is 1.03. The molecule has 3 aromatic rings. The lowest BCUT2D eigenvalue weighted by atomic mass is 10.1. The Morgan fingerprint density at radius 3 is 2.47 bits per heavy atom. The summed E-state index contributed by atoms with van der Waals surface area (Å²) >= 11 is 7.69. The predicted molar refractivity (Wildman–Crippen MR) is 126 cm³/mol. The molecule has 0 atom stereocenters. The van der Waals surface area contributed by atoms with Crippen molar-refractivity contribution >= 4 is 40.8 Å². The second-order valence-electron chi connectivity index (χ2n) is 7.06. The number of nitrogens with one attached hydrogen (secondary N) is 1. The van der Waals surface area contributed by atoms with Crippen molar-refractivity contribution in [1.29, 1.82) is 0 Å². The van der Waals surface area contributed by atoms with Gasteiger partial charge in [0.1, 0.15) is 11.0 Å². The third-order valence-corrected chi connectivity index (χ3v) is 5.62. The van der Waals surface area contributed by atoms with Gasteiger partial charge in [0, 0.05) is 36.7 Å². The molecule has 3 rings (SSSR count). The molecule has 30 heavy (non-hydrogen) atoms. The van der Waals surface area contributed by atoms with E-state index in [1.807, 2.05) is 62.5 Å². The van der Waals surface area contributed by atoms with Crippen LogP contribution in [0.2, 0.25) is 5.15 Å². The van der Waals surface area contributed by atoms with Crippen LogP contribution in [0.4, 0.5) is 11.5 Å². The quantitative estimate of drug-likeness (QED) is 0.271. The largest absolute Gasteiger partial charge is 0.360 e. The number of hydrogen-bond acceptors (Lipinski definition) is 5. The van der Waals surface area contributed by atoms with Gasteiger partial charge in [0.05, 0.1) is 0 Å². The molecule has 0 bridgehead atoms. The minimum absolute atomic E-state index is 0.125. The number of aromatic nitrogens is 2. The van der Waals surface area contributed by atoms with Crippen molar-refractivity contribution < 1.29 is 4.79 Å². The molecule has 0 aliphatic carbocycles. The lowest BCUT2D eigenvalue weighted by Crippen LogP contribution is -2.19. The number of hydrogen-bond donors (Lipinski definition) is 1. The number of thioether (sulfide) groups is 1. The Morgan fingerprint density at radius 2 is 1.80 bits per heavy atom. The number of amides is 1. The second-order valence-corrected chi connectivity index (χ2v) is 8.39. The highest BCUT2D eigenvalue weighted by molar-refractivity contribution is 7.98. The van der Waals surface area contributed by atoms with E-state index in [4.69, 9.17) is 11.6 Å². The summed E-state index contributed by atoms with van der Waals surface area (Å²) in [6.45, 7) is 5.05. The molecule has 156 valence electrons. The van der Waals surface area contributed by atoms with Gasteiger partial charge in [-0.05, 0) is 43.2 Å². The molecule has 0 aliphatic heterocycles. The van der Waals surface area contributed by atoms with E-state index >= 15 is 0 Å². The smallest absolute Gasteiger partial charge is 0.255 e. The molecule has 1 amide bonds. The van der Waals surface area contributed by atoms with Gasteiger partial charge in [0.2, 0.25) is 0 Å². The van der Waals surface area contributed by atoms with E-state index in [1.54, 1.807) is 6.07 Å². The van der Waals surface area contributed by atoms with Crippen molar-refractivity contribution in [3.63, 3.8) is 0 Å². The van der Waals surface area contributed by atoms with Crippen LogP contribution in [0.1, 0.15) is 34.8 Å². The van der Waals surface area contributed by atoms with Crippen molar-refractivity contribution in [3.05, 3.63) is 76.4 Å². The van der Waals surface area contributed by atoms with Crippen molar-refractivity contribution in [2.24, 2.45) is 0 Å². The molecule has 0 fully saturated rings. The van der Waals surface area contributed by atoms with Crippen LogP contribution in [0.5, 0.6) is 0 Å². The van der Waals surface area contributed by atoms with Crippen LogP contribution in [0.15, 0.2) is 59.8 Å². The van der Waals surface area contributed by atoms with Crippen LogP contribution in [0, 0.1) is 6.92 Å². The molecule has 0 unspecified atom stereocenters. The molecular weight excluding hydrogens is 416 g/mol. The van der Waals surface area contributed by atoms with Crippen molar-refractivity contribution in [1.82, 2.24) is 9.97 Å². The maximum absolute atomic E-state index is 12.4. The van der Waals surface area contributed by atoms with E-state index in [0.29, 0.717) is 21.6 Å². The van der Waals surface area contributed by atoms with Gasteiger partial charge < -0.3 is 10.2 Å². The van der Waals surface area contributed by atoms with Gasteiger partial charge in [0.25, 0.3) is 5.91 Å². The fraction of sp³-hybridized carbons (Fsp3) is 0.261. The zero-order chi connectivity index (χ0) is 21.5. The maximum Gasteiger partial charge on any atom is 0.255 e. The van der Waals surface area contributed by atoms with E-state index < -0.39 is 0 Å². The molecule has 7 heteroatoms. The Labute approximate surface area is 186 Å². The monoisotopic (exact) mass is 440 g/mol. The van der Waals surface area contributed by atoms with Gasteiger partial charge in [-0.2, -0.15) is 0 Å². The molecule has 0 aliphatic rings. The zero-order valence-electron chi connectivity index (χ0n) is 17.4. The Hall–Kier alpha value is -2.57. The number of rotatable bonds is 8.